The molecule has 2 amide bonds. The number of carbonyl (C=O) groups is 2. The number of halogens is 1. The van der Waals surface area contributed by atoms with Crippen molar-refractivity contribution >= 4 is 29.1 Å². The highest BCUT2D eigenvalue weighted by molar-refractivity contribution is 6.33. The highest BCUT2D eigenvalue weighted by Crippen LogP contribution is 2.20. The van der Waals surface area contributed by atoms with Crippen LogP contribution in [0.15, 0.2) is 48.5 Å². The fraction of sp³-hybridized carbons (Fsp3) is 0.417. The summed E-state index contributed by atoms with van der Waals surface area (Å²) in [4.78, 5) is 29.1. The Balaban J connectivity index is 1.41. The maximum absolute atomic E-state index is 12.6. The fourth-order valence-electron chi connectivity index (χ4n) is 3.72. The van der Waals surface area contributed by atoms with Crippen LogP contribution in [-0.2, 0) is 9.59 Å². The number of nitrogens with zero attached hydrogens (tertiary/aromatic N) is 2. The molecule has 7 heteroatoms. The van der Waals surface area contributed by atoms with Crippen molar-refractivity contribution in [1.29, 1.82) is 0 Å². The second-order valence-corrected chi connectivity index (χ2v) is 8.43. The molecule has 0 unspecified atom stereocenters. The summed E-state index contributed by atoms with van der Waals surface area (Å²) in [5, 5.41) is 6.54. The van der Waals surface area contributed by atoms with Crippen molar-refractivity contribution in [3.05, 3.63) is 64.7 Å². The van der Waals surface area contributed by atoms with Gasteiger partial charge in [0.05, 0.1) is 29.8 Å². The van der Waals surface area contributed by atoms with Crippen LogP contribution >= 0.6 is 11.6 Å². The summed E-state index contributed by atoms with van der Waals surface area (Å²) in [7, 11) is 0. The first kappa shape index (κ1) is 23.3. The van der Waals surface area contributed by atoms with Crippen LogP contribution in [0.25, 0.3) is 0 Å². The first-order chi connectivity index (χ1) is 14.9. The van der Waals surface area contributed by atoms with Gasteiger partial charge in [-0.3, -0.25) is 19.4 Å². The van der Waals surface area contributed by atoms with Gasteiger partial charge in [0.15, 0.2) is 0 Å². The molecular weight excluding hydrogens is 412 g/mol. The smallest absolute Gasteiger partial charge is 0.238 e. The number of benzene rings is 2. The van der Waals surface area contributed by atoms with Crippen molar-refractivity contribution in [1.82, 2.24) is 15.1 Å². The van der Waals surface area contributed by atoms with E-state index in [0.717, 1.165) is 38.2 Å². The molecule has 1 fully saturated rings. The molecule has 0 spiro atoms. The maximum Gasteiger partial charge on any atom is 0.238 e. The van der Waals surface area contributed by atoms with Gasteiger partial charge in [-0.2, -0.15) is 0 Å². The molecular formula is C24H31ClN4O2. The molecule has 1 saturated heterocycles. The SMILES string of the molecule is CC[C@H](NC(=O)CN1CCN(CC(=O)Nc2ccccc2Cl)CC1)c1ccc(C)cc1. The summed E-state index contributed by atoms with van der Waals surface area (Å²) in [6.07, 6.45) is 0.850. The van der Waals surface area contributed by atoms with E-state index in [2.05, 4.69) is 58.5 Å². The molecule has 2 aromatic carbocycles. The Morgan fingerprint density at radius 1 is 0.935 bits per heavy atom. The topological polar surface area (TPSA) is 64.7 Å². The molecule has 0 saturated carbocycles. The van der Waals surface area contributed by atoms with Crippen molar-refractivity contribution in [2.45, 2.75) is 26.3 Å². The van der Waals surface area contributed by atoms with Crippen LogP contribution in [0.2, 0.25) is 5.02 Å². The third kappa shape index (κ3) is 7.06. The molecule has 1 aliphatic heterocycles. The van der Waals surface area contributed by atoms with Gasteiger partial charge in [0.2, 0.25) is 11.8 Å². The van der Waals surface area contributed by atoms with Crippen LogP contribution < -0.4 is 10.6 Å². The number of hydrogen-bond donors (Lipinski definition) is 2. The predicted octanol–water partition coefficient (Wildman–Crippen LogP) is 3.47. The lowest BCUT2D eigenvalue weighted by Gasteiger charge is -2.34. The summed E-state index contributed by atoms with van der Waals surface area (Å²) in [6.45, 7) is 7.85. The number of rotatable bonds is 8. The van der Waals surface area contributed by atoms with Crippen LogP contribution in [0.5, 0.6) is 0 Å². The van der Waals surface area contributed by atoms with Crippen LogP contribution in [0, 0.1) is 6.92 Å². The second kappa shape index (κ2) is 11.3. The average molecular weight is 443 g/mol. The first-order valence-corrected chi connectivity index (χ1v) is 11.2. The van der Waals surface area contributed by atoms with Gasteiger partial charge in [-0.05, 0) is 31.0 Å². The molecule has 0 aromatic heterocycles. The molecule has 166 valence electrons. The van der Waals surface area contributed by atoms with E-state index < -0.39 is 0 Å². The second-order valence-electron chi connectivity index (χ2n) is 8.02. The normalized spacial score (nSPS) is 16.0. The standard InChI is InChI=1S/C24H31ClN4O2/c1-3-21(19-10-8-18(2)9-11-19)26-23(30)16-28-12-14-29(15-13-28)17-24(31)27-22-7-5-4-6-20(22)25/h4-11,21H,3,12-17H2,1-2H3,(H,26,30)(H,27,31)/t21-/m0/s1. The largest absolute Gasteiger partial charge is 0.348 e. The molecule has 2 N–H and O–H groups in total. The van der Waals surface area contributed by atoms with Crippen LogP contribution in [-0.4, -0.2) is 60.9 Å². The molecule has 6 nitrogen and oxygen atoms in total. The minimum absolute atomic E-state index is 0.0305. The highest BCUT2D eigenvalue weighted by atomic mass is 35.5. The minimum atomic E-state index is -0.0804. The molecule has 31 heavy (non-hydrogen) atoms. The number of carbonyl (C=O) groups excluding carboxylic acids is 2. The van der Waals surface area contributed by atoms with E-state index in [1.54, 1.807) is 12.1 Å². The number of anilines is 1. The van der Waals surface area contributed by atoms with Crippen molar-refractivity contribution in [2.75, 3.05) is 44.6 Å². The Kier molecular flexibility index (Phi) is 8.46. The van der Waals surface area contributed by atoms with Crippen molar-refractivity contribution < 1.29 is 9.59 Å². The number of para-hydroxylation sites is 1. The van der Waals surface area contributed by atoms with Gasteiger partial charge in [0, 0.05) is 26.2 Å². The maximum atomic E-state index is 12.6. The molecule has 0 radical (unpaired) electrons. The van der Waals surface area contributed by atoms with Crippen LogP contribution in [0.4, 0.5) is 5.69 Å². The summed E-state index contributed by atoms with van der Waals surface area (Å²) < 4.78 is 0. The van der Waals surface area contributed by atoms with Gasteiger partial charge in [-0.25, -0.2) is 0 Å². The molecule has 1 atom stereocenters. The number of nitrogens with one attached hydrogen (secondary N) is 2. The van der Waals surface area contributed by atoms with E-state index in [4.69, 9.17) is 11.6 Å². The van der Waals surface area contributed by atoms with Crippen molar-refractivity contribution in [3.8, 4) is 0 Å². The van der Waals surface area contributed by atoms with E-state index in [1.807, 2.05) is 12.1 Å². The molecule has 1 aliphatic rings. The van der Waals surface area contributed by atoms with E-state index in [-0.39, 0.29) is 17.9 Å². The third-order valence-corrected chi connectivity index (χ3v) is 5.90. The number of amides is 2. The summed E-state index contributed by atoms with van der Waals surface area (Å²) in [5.74, 6) is -0.0412. The molecule has 1 heterocycles. The minimum Gasteiger partial charge on any atom is -0.348 e. The zero-order chi connectivity index (χ0) is 22.2. The summed E-state index contributed by atoms with van der Waals surface area (Å²) in [5.41, 5.74) is 2.97. The molecule has 0 aliphatic carbocycles. The number of aryl methyl sites for hydroxylation is 1. The lowest BCUT2D eigenvalue weighted by Crippen LogP contribution is -2.51. The summed E-state index contributed by atoms with van der Waals surface area (Å²) >= 11 is 6.10. The van der Waals surface area contributed by atoms with E-state index in [1.165, 1.54) is 5.56 Å². The number of hydrogen-bond acceptors (Lipinski definition) is 4. The van der Waals surface area contributed by atoms with Gasteiger partial charge in [0.25, 0.3) is 0 Å². The predicted molar refractivity (Wildman–Crippen MR) is 125 cm³/mol. The molecule has 3 rings (SSSR count). The zero-order valence-corrected chi connectivity index (χ0v) is 19.0. The Labute approximate surface area is 189 Å². The molecule has 0 bridgehead atoms. The molecule has 2 aromatic rings. The van der Waals surface area contributed by atoms with E-state index >= 15 is 0 Å². The lowest BCUT2D eigenvalue weighted by molar-refractivity contribution is -0.124. The van der Waals surface area contributed by atoms with Gasteiger partial charge in [0.1, 0.15) is 0 Å². The Morgan fingerprint density at radius 2 is 1.52 bits per heavy atom. The fourth-order valence-corrected chi connectivity index (χ4v) is 3.91. The van der Waals surface area contributed by atoms with Gasteiger partial charge >= 0.3 is 0 Å². The average Bonchev–Trinajstić information content (AvgIpc) is 2.76. The summed E-state index contributed by atoms with van der Waals surface area (Å²) in [6, 6.07) is 15.6. The van der Waals surface area contributed by atoms with Crippen LogP contribution in [0.3, 0.4) is 0 Å². The third-order valence-electron chi connectivity index (χ3n) is 5.57. The van der Waals surface area contributed by atoms with Gasteiger partial charge in [-0.1, -0.05) is 60.5 Å². The van der Waals surface area contributed by atoms with Gasteiger partial charge < -0.3 is 10.6 Å². The van der Waals surface area contributed by atoms with Gasteiger partial charge in [-0.15, -0.1) is 0 Å². The van der Waals surface area contributed by atoms with Crippen LogP contribution in [0.1, 0.15) is 30.5 Å². The number of piperazine rings is 1. The first-order valence-electron chi connectivity index (χ1n) is 10.8. The van der Waals surface area contributed by atoms with E-state index in [0.29, 0.717) is 23.8 Å². The van der Waals surface area contributed by atoms with Crippen molar-refractivity contribution in [3.63, 3.8) is 0 Å². The quantitative estimate of drug-likeness (QED) is 0.657. The highest BCUT2D eigenvalue weighted by Gasteiger charge is 2.22. The zero-order valence-electron chi connectivity index (χ0n) is 18.2. The Hall–Kier alpha value is -2.41. The monoisotopic (exact) mass is 442 g/mol. The van der Waals surface area contributed by atoms with Crippen molar-refractivity contribution in [2.24, 2.45) is 0 Å². The Morgan fingerprint density at radius 3 is 2.10 bits per heavy atom. The van der Waals surface area contributed by atoms with E-state index in [9.17, 15) is 9.59 Å². The lowest BCUT2D eigenvalue weighted by atomic mass is 10.0. The Bertz CT molecular complexity index is 879.